The zero-order valence-electron chi connectivity index (χ0n) is 9.69. The van der Waals surface area contributed by atoms with E-state index in [2.05, 4.69) is 5.32 Å². The third kappa shape index (κ3) is 12.5. The largest absolute Gasteiger partial charge is 0.339 e. The van der Waals surface area contributed by atoms with Gasteiger partial charge in [0.15, 0.2) is 0 Å². The summed E-state index contributed by atoms with van der Waals surface area (Å²) in [4.78, 5) is 36.4. The summed E-state index contributed by atoms with van der Waals surface area (Å²) in [6.45, 7) is 3.02. The van der Waals surface area contributed by atoms with Gasteiger partial charge in [-0.05, 0) is 13.0 Å². The third-order valence-corrected chi connectivity index (χ3v) is 3.25. The Hall–Kier alpha value is 0.220. The second kappa shape index (κ2) is 7.61. The van der Waals surface area contributed by atoms with Crippen LogP contribution in [0.4, 0.5) is 0 Å². The standard InChI is InChI=1S/C7H20N2O6P2/c1-2-4-9(7-17(13,14)15)5-3-8-6-16(10,11)12/h8H,2-7H2,1H3,(H2,10,11,12)(H2,13,14,15). The third-order valence-electron chi connectivity index (χ3n) is 1.85. The van der Waals surface area contributed by atoms with E-state index in [0.29, 0.717) is 13.1 Å². The second-order valence-corrected chi connectivity index (χ2v) is 7.00. The lowest BCUT2D eigenvalue weighted by atomic mass is 10.4. The lowest BCUT2D eigenvalue weighted by Crippen LogP contribution is -2.33. The molecule has 0 aromatic rings. The Morgan fingerprint density at radius 2 is 1.65 bits per heavy atom. The monoisotopic (exact) mass is 290 g/mol. The minimum atomic E-state index is -4.09. The topological polar surface area (TPSA) is 130 Å². The van der Waals surface area contributed by atoms with Crippen molar-refractivity contribution in [2.45, 2.75) is 13.3 Å². The molecule has 0 aliphatic heterocycles. The molecule has 0 aromatic carbocycles. The van der Waals surface area contributed by atoms with Gasteiger partial charge in [-0.15, -0.1) is 0 Å². The Labute approximate surface area is 100 Å². The molecule has 0 saturated heterocycles. The van der Waals surface area contributed by atoms with E-state index < -0.39 is 21.5 Å². The molecule has 0 spiro atoms. The normalized spacial score (nSPS) is 13.3. The summed E-state index contributed by atoms with van der Waals surface area (Å²) in [7, 11) is -8.15. The lowest BCUT2D eigenvalue weighted by Gasteiger charge is -2.22. The molecule has 5 N–H and O–H groups in total. The molecule has 0 aromatic heterocycles. The van der Waals surface area contributed by atoms with E-state index in [-0.39, 0.29) is 12.8 Å². The maximum absolute atomic E-state index is 10.8. The van der Waals surface area contributed by atoms with Gasteiger partial charge in [0.2, 0.25) is 0 Å². The summed E-state index contributed by atoms with van der Waals surface area (Å²) < 4.78 is 21.3. The SMILES string of the molecule is CCCN(CCNCP(=O)(O)O)CP(=O)(O)O. The van der Waals surface area contributed by atoms with Crippen molar-refractivity contribution in [3.8, 4) is 0 Å². The van der Waals surface area contributed by atoms with Gasteiger partial charge in [0, 0.05) is 13.1 Å². The average Bonchev–Trinajstić information content (AvgIpc) is 2.08. The Bertz CT molecular complexity index is 301. The highest BCUT2D eigenvalue weighted by atomic mass is 31.2. The number of rotatable bonds is 9. The van der Waals surface area contributed by atoms with Gasteiger partial charge in [0.05, 0.1) is 6.29 Å². The summed E-state index contributed by atoms with van der Waals surface area (Å²) in [5, 5.41) is 2.54. The Morgan fingerprint density at radius 1 is 1.06 bits per heavy atom. The van der Waals surface area contributed by atoms with Crippen LogP contribution in [0.25, 0.3) is 0 Å². The zero-order valence-corrected chi connectivity index (χ0v) is 11.5. The van der Waals surface area contributed by atoms with Crippen molar-refractivity contribution < 1.29 is 28.7 Å². The van der Waals surface area contributed by atoms with Crippen molar-refractivity contribution in [3.63, 3.8) is 0 Å². The van der Waals surface area contributed by atoms with Gasteiger partial charge in [-0.2, -0.15) is 0 Å². The van der Waals surface area contributed by atoms with Gasteiger partial charge < -0.3 is 24.9 Å². The van der Waals surface area contributed by atoms with Gasteiger partial charge in [-0.25, -0.2) is 0 Å². The average molecular weight is 290 g/mol. The van der Waals surface area contributed by atoms with Crippen molar-refractivity contribution in [1.29, 1.82) is 0 Å². The van der Waals surface area contributed by atoms with Crippen LogP contribution < -0.4 is 5.32 Å². The zero-order chi connectivity index (χ0) is 13.5. The molecule has 0 aliphatic carbocycles. The first-order chi connectivity index (χ1) is 7.64. The van der Waals surface area contributed by atoms with Crippen LogP contribution >= 0.6 is 15.2 Å². The molecule has 0 radical (unpaired) electrons. The van der Waals surface area contributed by atoms with Gasteiger partial charge in [0.1, 0.15) is 6.29 Å². The van der Waals surface area contributed by atoms with Gasteiger partial charge in [0.25, 0.3) is 0 Å². The lowest BCUT2D eigenvalue weighted by molar-refractivity contribution is 0.275. The molecule has 0 atom stereocenters. The first kappa shape index (κ1) is 17.2. The summed E-state index contributed by atoms with van der Waals surface area (Å²) in [5.74, 6) is 0. The van der Waals surface area contributed by atoms with Crippen LogP contribution in [0.15, 0.2) is 0 Å². The summed E-state index contributed by atoms with van der Waals surface area (Å²) in [6, 6.07) is 0. The summed E-state index contributed by atoms with van der Waals surface area (Å²) >= 11 is 0. The molecule has 0 bridgehead atoms. The fourth-order valence-corrected chi connectivity index (χ4v) is 2.55. The Balaban J connectivity index is 3.93. The predicted octanol–water partition coefficient (Wildman–Crippen LogP) is -0.442. The molecule has 104 valence electrons. The molecule has 0 aliphatic rings. The molecule has 17 heavy (non-hydrogen) atoms. The van der Waals surface area contributed by atoms with Crippen molar-refractivity contribution in [1.82, 2.24) is 10.2 Å². The second-order valence-electron chi connectivity index (χ2n) is 3.75. The summed E-state index contributed by atoms with van der Waals surface area (Å²) in [6.07, 6.45) is -0.0141. The number of nitrogens with one attached hydrogen (secondary N) is 1. The van der Waals surface area contributed by atoms with Gasteiger partial charge in [-0.3, -0.25) is 14.0 Å². The van der Waals surface area contributed by atoms with Crippen molar-refractivity contribution >= 4 is 15.2 Å². The van der Waals surface area contributed by atoms with Crippen LogP contribution in [-0.4, -0.2) is 56.7 Å². The molecule has 0 amide bonds. The molecular formula is C7H20N2O6P2. The van der Waals surface area contributed by atoms with Crippen LogP contribution in [0.1, 0.15) is 13.3 Å². The first-order valence-electron chi connectivity index (χ1n) is 5.16. The molecule has 0 fully saturated rings. The molecule has 10 heteroatoms. The van der Waals surface area contributed by atoms with Crippen LogP contribution in [-0.2, 0) is 9.13 Å². The van der Waals surface area contributed by atoms with Crippen LogP contribution in [0, 0.1) is 0 Å². The molecule has 8 nitrogen and oxygen atoms in total. The smallest absolute Gasteiger partial charge is 0.324 e. The molecule has 0 saturated carbocycles. The van der Waals surface area contributed by atoms with E-state index in [1.165, 1.54) is 0 Å². The van der Waals surface area contributed by atoms with E-state index in [9.17, 15) is 9.13 Å². The maximum Gasteiger partial charge on any atom is 0.339 e. The van der Waals surface area contributed by atoms with E-state index in [0.717, 1.165) is 6.42 Å². The van der Waals surface area contributed by atoms with Crippen molar-refractivity contribution in [3.05, 3.63) is 0 Å². The highest BCUT2D eigenvalue weighted by Gasteiger charge is 2.18. The van der Waals surface area contributed by atoms with Crippen LogP contribution in [0.3, 0.4) is 0 Å². The molecular weight excluding hydrogens is 270 g/mol. The van der Waals surface area contributed by atoms with E-state index in [1.54, 1.807) is 4.90 Å². The highest BCUT2D eigenvalue weighted by Crippen LogP contribution is 2.35. The molecule has 0 rings (SSSR count). The molecule has 0 unspecified atom stereocenters. The quantitative estimate of drug-likeness (QED) is 0.285. The fourth-order valence-electron chi connectivity index (χ4n) is 1.29. The van der Waals surface area contributed by atoms with Crippen molar-refractivity contribution in [2.75, 3.05) is 32.2 Å². The fraction of sp³-hybridized carbons (Fsp3) is 1.00. The summed E-state index contributed by atoms with van der Waals surface area (Å²) in [5.41, 5.74) is 0. The predicted molar refractivity (Wildman–Crippen MR) is 63.7 cm³/mol. The Morgan fingerprint density at radius 3 is 2.06 bits per heavy atom. The Kier molecular flexibility index (Phi) is 7.71. The minimum absolute atomic E-state index is 0.269. The van der Waals surface area contributed by atoms with Crippen LogP contribution in [0.2, 0.25) is 0 Å². The number of nitrogens with zero attached hydrogens (tertiary/aromatic N) is 1. The van der Waals surface area contributed by atoms with Gasteiger partial charge >= 0.3 is 15.2 Å². The minimum Gasteiger partial charge on any atom is -0.324 e. The van der Waals surface area contributed by atoms with E-state index in [4.69, 9.17) is 19.6 Å². The number of hydrogen-bond donors (Lipinski definition) is 5. The van der Waals surface area contributed by atoms with E-state index in [1.807, 2.05) is 6.92 Å². The molecule has 0 heterocycles. The van der Waals surface area contributed by atoms with E-state index >= 15 is 0 Å². The maximum atomic E-state index is 10.8. The van der Waals surface area contributed by atoms with Crippen LogP contribution in [0.5, 0.6) is 0 Å². The van der Waals surface area contributed by atoms with Gasteiger partial charge in [-0.1, -0.05) is 6.92 Å². The number of hydrogen-bond acceptors (Lipinski definition) is 4. The highest BCUT2D eigenvalue weighted by molar-refractivity contribution is 7.51. The first-order valence-corrected chi connectivity index (χ1v) is 8.76. The van der Waals surface area contributed by atoms with Crippen molar-refractivity contribution in [2.24, 2.45) is 0 Å².